The summed E-state index contributed by atoms with van der Waals surface area (Å²) in [5.74, 6) is -0.398. The number of aliphatic hydroxyl groups excluding tert-OH is 1. The maximum absolute atomic E-state index is 13.1. The Labute approximate surface area is 204 Å². The lowest BCUT2D eigenvalue weighted by atomic mass is 9.95. The van der Waals surface area contributed by atoms with Gasteiger partial charge in [0.1, 0.15) is 11.5 Å². The maximum atomic E-state index is 13.1. The van der Waals surface area contributed by atoms with Gasteiger partial charge < -0.3 is 19.6 Å². The van der Waals surface area contributed by atoms with Gasteiger partial charge in [0.2, 0.25) is 0 Å². The molecule has 1 atom stereocenters. The van der Waals surface area contributed by atoms with Gasteiger partial charge in [-0.3, -0.25) is 9.59 Å². The number of carbonyl (C=O) groups excluding carboxylic acids is 2. The minimum absolute atomic E-state index is 0.105. The van der Waals surface area contributed by atoms with E-state index >= 15 is 0 Å². The number of benzene rings is 2. The minimum atomic E-state index is -0.682. The van der Waals surface area contributed by atoms with E-state index in [9.17, 15) is 14.7 Å². The highest BCUT2D eigenvalue weighted by molar-refractivity contribution is 9.10. The molecule has 0 aliphatic carbocycles. The van der Waals surface area contributed by atoms with Crippen LogP contribution in [0.15, 0.2) is 58.6 Å². The van der Waals surface area contributed by atoms with Gasteiger partial charge >= 0.3 is 0 Å². The highest BCUT2D eigenvalue weighted by Gasteiger charge is 2.45. The Morgan fingerprint density at radius 1 is 1.15 bits per heavy atom. The van der Waals surface area contributed by atoms with Crippen molar-refractivity contribution in [1.29, 1.82) is 0 Å². The second kappa shape index (κ2) is 11.0. The van der Waals surface area contributed by atoms with Crippen LogP contribution < -0.4 is 4.74 Å². The largest absolute Gasteiger partial charge is 0.507 e. The van der Waals surface area contributed by atoms with Crippen molar-refractivity contribution < 1.29 is 19.4 Å². The van der Waals surface area contributed by atoms with Crippen LogP contribution in [0.25, 0.3) is 5.76 Å². The zero-order chi connectivity index (χ0) is 24.1. The third kappa shape index (κ3) is 6.03. The van der Waals surface area contributed by atoms with E-state index in [0.717, 1.165) is 16.6 Å². The number of hydrogen-bond donors (Lipinski definition) is 1. The fraction of sp³-hybridized carbons (Fsp3) is 0.385. The van der Waals surface area contributed by atoms with E-state index in [1.54, 1.807) is 29.2 Å². The fourth-order valence-corrected chi connectivity index (χ4v) is 4.08. The first-order valence-electron chi connectivity index (χ1n) is 11.1. The van der Waals surface area contributed by atoms with Crippen molar-refractivity contribution in [2.75, 3.05) is 33.8 Å². The van der Waals surface area contributed by atoms with Crippen molar-refractivity contribution in [2.24, 2.45) is 5.92 Å². The zero-order valence-corrected chi connectivity index (χ0v) is 21.1. The summed E-state index contributed by atoms with van der Waals surface area (Å²) in [5, 5.41) is 11.1. The molecule has 1 unspecified atom stereocenters. The first kappa shape index (κ1) is 25.0. The van der Waals surface area contributed by atoms with E-state index in [4.69, 9.17) is 4.74 Å². The zero-order valence-electron chi connectivity index (χ0n) is 19.5. The number of hydrogen-bond acceptors (Lipinski definition) is 5. The molecule has 6 nitrogen and oxygen atoms in total. The van der Waals surface area contributed by atoms with Crippen LogP contribution in [-0.4, -0.2) is 60.4 Å². The van der Waals surface area contributed by atoms with Crippen molar-refractivity contribution in [1.82, 2.24) is 9.80 Å². The molecule has 2 aromatic rings. The lowest BCUT2D eigenvalue weighted by molar-refractivity contribution is -0.139. The molecule has 1 N–H and O–H groups in total. The molecule has 0 saturated carbocycles. The van der Waals surface area contributed by atoms with Crippen molar-refractivity contribution in [2.45, 2.75) is 26.3 Å². The molecule has 0 radical (unpaired) electrons. The second-order valence-electron chi connectivity index (χ2n) is 8.93. The van der Waals surface area contributed by atoms with E-state index in [0.29, 0.717) is 36.8 Å². The van der Waals surface area contributed by atoms with Crippen LogP contribution in [0.3, 0.4) is 0 Å². The molecular weight excluding hydrogens is 484 g/mol. The summed E-state index contributed by atoms with van der Waals surface area (Å²) in [5.41, 5.74) is 1.33. The SMILES string of the molecule is CC(C)COc1cccc(C2/C(=C(/O)c3ccc(Br)cc3)C(=O)C(=O)N2CCCN(C)C)c1. The molecule has 0 spiro atoms. The van der Waals surface area contributed by atoms with Crippen LogP contribution in [0, 0.1) is 5.92 Å². The van der Waals surface area contributed by atoms with E-state index in [-0.39, 0.29) is 11.3 Å². The summed E-state index contributed by atoms with van der Waals surface area (Å²) in [6, 6.07) is 13.8. The van der Waals surface area contributed by atoms with Gasteiger partial charge in [-0.05, 0) is 62.8 Å². The number of halogens is 1. The second-order valence-corrected chi connectivity index (χ2v) is 9.85. The number of Topliss-reactive ketones (excluding diaryl/α,β-unsaturated/α-hetero) is 1. The lowest BCUT2D eigenvalue weighted by Crippen LogP contribution is -2.32. The average Bonchev–Trinajstić information content (AvgIpc) is 3.03. The summed E-state index contributed by atoms with van der Waals surface area (Å²) in [6.45, 7) is 5.89. The van der Waals surface area contributed by atoms with Gasteiger partial charge in [-0.1, -0.05) is 54.0 Å². The highest BCUT2D eigenvalue weighted by atomic mass is 79.9. The fourth-order valence-electron chi connectivity index (χ4n) is 3.82. The standard InChI is InChI=1S/C26H31BrN2O4/c1-17(2)16-33-21-8-5-7-19(15-21)23-22(24(30)18-9-11-20(27)12-10-18)25(31)26(32)29(23)14-6-13-28(3)4/h5,7-12,15,17,23,30H,6,13-14,16H2,1-4H3/b24-22-. The molecule has 2 aromatic carbocycles. The third-order valence-corrected chi connectivity index (χ3v) is 5.95. The van der Waals surface area contributed by atoms with Gasteiger partial charge in [0.15, 0.2) is 0 Å². The van der Waals surface area contributed by atoms with Gasteiger partial charge in [0.05, 0.1) is 18.2 Å². The molecule has 1 heterocycles. The predicted molar refractivity (Wildman–Crippen MR) is 133 cm³/mol. The van der Waals surface area contributed by atoms with Crippen LogP contribution in [0.2, 0.25) is 0 Å². The Morgan fingerprint density at radius 3 is 2.48 bits per heavy atom. The molecule has 176 valence electrons. The Hall–Kier alpha value is -2.64. The lowest BCUT2D eigenvalue weighted by Gasteiger charge is -2.26. The molecule has 1 aliphatic rings. The monoisotopic (exact) mass is 514 g/mol. The smallest absolute Gasteiger partial charge is 0.295 e. The summed E-state index contributed by atoms with van der Waals surface area (Å²) < 4.78 is 6.74. The number of likely N-dealkylation sites (tertiary alicyclic amines) is 1. The van der Waals surface area contributed by atoms with E-state index in [1.165, 1.54) is 0 Å². The molecule has 33 heavy (non-hydrogen) atoms. The van der Waals surface area contributed by atoms with Crippen molar-refractivity contribution in [3.63, 3.8) is 0 Å². The van der Waals surface area contributed by atoms with Gasteiger partial charge in [-0.15, -0.1) is 0 Å². The number of amides is 1. The number of rotatable bonds is 9. The van der Waals surface area contributed by atoms with Crippen LogP contribution in [0.5, 0.6) is 5.75 Å². The molecule has 1 fully saturated rings. The van der Waals surface area contributed by atoms with Crippen LogP contribution in [0.1, 0.15) is 37.4 Å². The quantitative estimate of drug-likeness (QED) is 0.294. The van der Waals surface area contributed by atoms with Gasteiger partial charge in [0, 0.05) is 16.6 Å². The van der Waals surface area contributed by atoms with Gasteiger partial charge in [0.25, 0.3) is 11.7 Å². The number of nitrogens with zero attached hydrogens (tertiary/aromatic N) is 2. The number of ketones is 1. The Bertz CT molecular complexity index is 1030. The van der Waals surface area contributed by atoms with E-state index in [2.05, 4.69) is 29.8 Å². The average molecular weight is 515 g/mol. The number of ether oxygens (including phenoxy) is 1. The summed E-state index contributed by atoms with van der Waals surface area (Å²) in [4.78, 5) is 29.8. The molecule has 1 amide bonds. The van der Waals surface area contributed by atoms with Crippen LogP contribution >= 0.6 is 15.9 Å². The highest BCUT2D eigenvalue weighted by Crippen LogP contribution is 2.40. The maximum Gasteiger partial charge on any atom is 0.295 e. The normalized spacial score (nSPS) is 17.9. The van der Waals surface area contributed by atoms with E-state index < -0.39 is 17.7 Å². The third-order valence-electron chi connectivity index (χ3n) is 5.42. The van der Waals surface area contributed by atoms with Gasteiger partial charge in [-0.2, -0.15) is 0 Å². The van der Waals surface area contributed by atoms with Crippen molar-refractivity contribution >= 4 is 33.4 Å². The number of aliphatic hydroxyl groups is 1. The summed E-state index contributed by atoms with van der Waals surface area (Å²) in [6.07, 6.45) is 0.707. The first-order valence-corrected chi connectivity index (χ1v) is 11.9. The number of carbonyl (C=O) groups is 2. The van der Waals surface area contributed by atoms with Gasteiger partial charge in [-0.25, -0.2) is 0 Å². The van der Waals surface area contributed by atoms with Crippen LogP contribution in [0.4, 0.5) is 0 Å². The molecular formula is C26H31BrN2O4. The van der Waals surface area contributed by atoms with Crippen molar-refractivity contribution in [3.8, 4) is 5.75 Å². The topological polar surface area (TPSA) is 70.1 Å². The molecule has 3 rings (SSSR count). The van der Waals surface area contributed by atoms with Crippen molar-refractivity contribution in [3.05, 3.63) is 69.7 Å². The Balaban J connectivity index is 2.06. The molecule has 7 heteroatoms. The molecule has 0 aromatic heterocycles. The molecule has 1 aliphatic heterocycles. The summed E-state index contributed by atoms with van der Waals surface area (Å²) >= 11 is 3.39. The molecule has 1 saturated heterocycles. The Morgan fingerprint density at radius 2 is 1.85 bits per heavy atom. The predicted octanol–water partition coefficient (Wildman–Crippen LogP) is 4.86. The van der Waals surface area contributed by atoms with E-state index in [1.807, 2.05) is 43.3 Å². The summed E-state index contributed by atoms with van der Waals surface area (Å²) in [7, 11) is 3.93. The Kier molecular flexibility index (Phi) is 8.32. The first-order chi connectivity index (χ1) is 15.7. The molecule has 0 bridgehead atoms. The van der Waals surface area contributed by atoms with Crippen LogP contribution in [-0.2, 0) is 9.59 Å². The minimum Gasteiger partial charge on any atom is -0.507 e.